The molecule has 4 aliphatic rings. The lowest BCUT2D eigenvalue weighted by atomic mass is 9.48. The summed E-state index contributed by atoms with van der Waals surface area (Å²) >= 11 is 2.20. The summed E-state index contributed by atoms with van der Waals surface area (Å²) in [5.74, 6) is 2.02. The molecule has 0 amide bonds. The second kappa shape index (κ2) is 6.20. The van der Waals surface area contributed by atoms with Gasteiger partial charge < -0.3 is 5.11 Å². The highest BCUT2D eigenvalue weighted by atomic mass is 127. The first-order valence-corrected chi connectivity index (χ1v) is 10.8. The standard InChI is InChI=1S/C21H26INO2/c1-20-6-4-17-16-3-2-15(24)11-13(16)10-14(12-23)19(17)18(20)5-7-21(20,25)8-9-22/h8-9,11,14,16-19,25H,2-7,10H2,1H3/b9-8+/t14-,16?,17?,18?,19?,20-,21+/m0/s1. The fraction of sp³-hybridized carbons (Fsp3) is 0.714. The maximum absolute atomic E-state index is 11.9. The van der Waals surface area contributed by atoms with E-state index in [-0.39, 0.29) is 17.1 Å². The minimum Gasteiger partial charge on any atom is -0.385 e. The second-order valence-electron chi connectivity index (χ2n) is 8.83. The molecule has 4 aliphatic carbocycles. The van der Waals surface area contributed by atoms with E-state index in [4.69, 9.17) is 0 Å². The largest absolute Gasteiger partial charge is 0.385 e. The smallest absolute Gasteiger partial charge is 0.155 e. The molecule has 0 heterocycles. The molecule has 25 heavy (non-hydrogen) atoms. The number of rotatable bonds is 1. The number of fused-ring (bicyclic) bond motifs is 5. The molecule has 7 atom stereocenters. The Hall–Kier alpha value is -0.670. The Kier molecular flexibility index (Phi) is 4.39. The molecule has 3 nitrogen and oxygen atoms in total. The van der Waals surface area contributed by atoms with Gasteiger partial charge in [-0.15, -0.1) is 0 Å². The van der Waals surface area contributed by atoms with E-state index in [1.807, 2.05) is 16.2 Å². The molecule has 0 aromatic rings. The molecule has 0 bridgehead atoms. The van der Waals surface area contributed by atoms with Crippen molar-refractivity contribution in [3.05, 3.63) is 21.8 Å². The lowest BCUT2D eigenvalue weighted by molar-refractivity contribution is -0.117. The van der Waals surface area contributed by atoms with E-state index in [0.29, 0.717) is 30.1 Å². The Bertz CT molecular complexity index is 692. The van der Waals surface area contributed by atoms with Crippen molar-refractivity contribution in [1.29, 1.82) is 5.26 Å². The van der Waals surface area contributed by atoms with Crippen LogP contribution in [0.5, 0.6) is 0 Å². The number of carbonyl (C=O) groups excluding carboxylic acids is 1. The number of nitrogens with zero attached hydrogens (tertiary/aromatic N) is 1. The molecule has 4 unspecified atom stereocenters. The Balaban J connectivity index is 1.72. The van der Waals surface area contributed by atoms with Crippen LogP contribution >= 0.6 is 22.6 Å². The summed E-state index contributed by atoms with van der Waals surface area (Å²) in [6.45, 7) is 2.25. The van der Waals surface area contributed by atoms with Gasteiger partial charge in [0.25, 0.3) is 0 Å². The number of hydrogen-bond acceptors (Lipinski definition) is 3. The summed E-state index contributed by atoms with van der Waals surface area (Å²) in [4.78, 5) is 11.9. The molecule has 1 N–H and O–H groups in total. The van der Waals surface area contributed by atoms with Crippen LogP contribution in [-0.4, -0.2) is 16.5 Å². The number of hydrogen-bond donors (Lipinski definition) is 1. The maximum atomic E-state index is 11.9. The highest BCUT2D eigenvalue weighted by molar-refractivity contribution is 14.1. The average molecular weight is 451 g/mol. The molecule has 4 rings (SSSR count). The van der Waals surface area contributed by atoms with Gasteiger partial charge in [0.1, 0.15) is 0 Å². The summed E-state index contributed by atoms with van der Waals surface area (Å²) in [5, 5.41) is 21.2. The molecule has 0 aliphatic heterocycles. The lowest BCUT2D eigenvalue weighted by Crippen LogP contribution is -2.54. The van der Waals surface area contributed by atoms with Crippen LogP contribution in [0, 0.1) is 46.3 Å². The van der Waals surface area contributed by atoms with Crippen LogP contribution in [0.1, 0.15) is 51.9 Å². The average Bonchev–Trinajstić information content (AvgIpc) is 2.85. The Morgan fingerprint density at radius 1 is 1.36 bits per heavy atom. The Morgan fingerprint density at radius 2 is 2.16 bits per heavy atom. The second-order valence-corrected chi connectivity index (χ2v) is 9.55. The van der Waals surface area contributed by atoms with E-state index in [2.05, 4.69) is 35.6 Å². The zero-order chi connectivity index (χ0) is 17.8. The first-order valence-electron chi connectivity index (χ1n) is 9.57. The molecule has 0 radical (unpaired) electrons. The first-order chi connectivity index (χ1) is 11.9. The molecular weight excluding hydrogens is 425 g/mol. The molecule has 0 aromatic heterocycles. The molecule has 0 aromatic carbocycles. The number of halogens is 1. The van der Waals surface area contributed by atoms with Gasteiger partial charge in [-0.25, -0.2) is 0 Å². The summed E-state index contributed by atoms with van der Waals surface area (Å²) in [6.07, 6.45) is 10.1. The molecule has 4 heteroatoms. The van der Waals surface area contributed by atoms with Gasteiger partial charge in [0, 0.05) is 11.8 Å². The van der Waals surface area contributed by atoms with Gasteiger partial charge in [-0.2, -0.15) is 5.26 Å². The third-order valence-corrected chi connectivity index (χ3v) is 8.43. The highest BCUT2D eigenvalue weighted by Crippen LogP contribution is 2.66. The zero-order valence-corrected chi connectivity index (χ0v) is 16.9. The van der Waals surface area contributed by atoms with E-state index in [9.17, 15) is 15.2 Å². The Morgan fingerprint density at radius 3 is 2.88 bits per heavy atom. The summed E-state index contributed by atoms with van der Waals surface area (Å²) in [6, 6.07) is 2.59. The van der Waals surface area contributed by atoms with Crippen LogP contribution in [-0.2, 0) is 4.79 Å². The summed E-state index contributed by atoms with van der Waals surface area (Å²) < 4.78 is 1.95. The van der Waals surface area contributed by atoms with Crippen molar-refractivity contribution in [2.24, 2.45) is 35.0 Å². The van der Waals surface area contributed by atoms with Crippen LogP contribution in [0.25, 0.3) is 0 Å². The van der Waals surface area contributed by atoms with E-state index in [1.54, 1.807) is 0 Å². The quantitative estimate of drug-likeness (QED) is 0.595. The predicted octanol–water partition coefficient (Wildman–Crippen LogP) is 4.56. The van der Waals surface area contributed by atoms with Crippen molar-refractivity contribution in [3.63, 3.8) is 0 Å². The molecule has 3 saturated carbocycles. The summed E-state index contributed by atoms with van der Waals surface area (Å²) in [5.41, 5.74) is 0.382. The van der Waals surface area contributed by atoms with Gasteiger partial charge in [0.15, 0.2) is 5.78 Å². The first kappa shape index (κ1) is 17.7. The zero-order valence-electron chi connectivity index (χ0n) is 14.7. The highest BCUT2D eigenvalue weighted by Gasteiger charge is 2.63. The fourth-order valence-electron chi connectivity index (χ4n) is 6.79. The van der Waals surface area contributed by atoms with Crippen LogP contribution in [0.3, 0.4) is 0 Å². The monoisotopic (exact) mass is 451 g/mol. The normalized spacial score (nSPS) is 49.1. The third-order valence-electron chi connectivity index (χ3n) is 8.07. The van der Waals surface area contributed by atoms with E-state index in [0.717, 1.165) is 38.5 Å². The van der Waals surface area contributed by atoms with Crippen molar-refractivity contribution in [3.8, 4) is 6.07 Å². The van der Waals surface area contributed by atoms with Gasteiger partial charge >= 0.3 is 0 Å². The summed E-state index contributed by atoms with van der Waals surface area (Å²) in [7, 11) is 0. The van der Waals surface area contributed by atoms with Crippen molar-refractivity contribution in [1.82, 2.24) is 0 Å². The topological polar surface area (TPSA) is 61.1 Å². The van der Waals surface area contributed by atoms with Crippen LogP contribution < -0.4 is 0 Å². The fourth-order valence-corrected chi connectivity index (χ4v) is 7.39. The van der Waals surface area contributed by atoms with Gasteiger partial charge in [0.05, 0.1) is 17.6 Å². The van der Waals surface area contributed by atoms with Crippen molar-refractivity contribution >= 4 is 28.4 Å². The number of allylic oxidation sites excluding steroid dienone is 1. The van der Waals surface area contributed by atoms with Crippen LogP contribution in [0.4, 0.5) is 0 Å². The SMILES string of the molecule is C[C@]12CCC3C4CCC(=O)C=C4C[C@@H](C#N)C3C1CC[C@@]2(O)/C=C/I. The maximum Gasteiger partial charge on any atom is 0.155 e. The number of ketones is 1. The van der Waals surface area contributed by atoms with Crippen LogP contribution in [0.2, 0.25) is 0 Å². The molecule has 0 saturated heterocycles. The number of nitriles is 1. The van der Waals surface area contributed by atoms with E-state index < -0.39 is 5.60 Å². The molecular formula is C21H26INO2. The van der Waals surface area contributed by atoms with Gasteiger partial charge in [-0.3, -0.25) is 4.79 Å². The van der Waals surface area contributed by atoms with Crippen molar-refractivity contribution in [2.45, 2.75) is 57.5 Å². The van der Waals surface area contributed by atoms with Gasteiger partial charge in [-0.1, -0.05) is 35.1 Å². The number of aliphatic hydroxyl groups is 1. The minimum atomic E-state index is -0.734. The predicted molar refractivity (Wildman–Crippen MR) is 105 cm³/mol. The number of carbonyl (C=O) groups is 1. The lowest BCUT2D eigenvalue weighted by Gasteiger charge is -2.56. The molecule has 134 valence electrons. The minimum absolute atomic E-state index is 0.00560. The van der Waals surface area contributed by atoms with Crippen molar-refractivity contribution in [2.75, 3.05) is 0 Å². The van der Waals surface area contributed by atoms with E-state index >= 15 is 0 Å². The molecule has 0 spiro atoms. The van der Waals surface area contributed by atoms with Crippen molar-refractivity contribution < 1.29 is 9.90 Å². The van der Waals surface area contributed by atoms with Gasteiger partial charge in [0.2, 0.25) is 0 Å². The molecule has 3 fully saturated rings. The third kappa shape index (κ3) is 2.49. The van der Waals surface area contributed by atoms with Crippen LogP contribution in [0.15, 0.2) is 21.8 Å². The Labute approximate surface area is 163 Å². The van der Waals surface area contributed by atoms with E-state index in [1.165, 1.54) is 5.57 Å². The van der Waals surface area contributed by atoms with Gasteiger partial charge in [-0.05, 0) is 78.4 Å².